The third-order valence-electron chi connectivity index (χ3n) is 5.96. The van der Waals surface area contributed by atoms with Crippen molar-refractivity contribution in [2.24, 2.45) is 5.10 Å². The van der Waals surface area contributed by atoms with E-state index >= 15 is 0 Å². The highest BCUT2D eigenvalue weighted by atomic mass is 16.5. The van der Waals surface area contributed by atoms with Crippen LogP contribution in [0, 0.1) is 0 Å². The van der Waals surface area contributed by atoms with E-state index in [1.807, 2.05) is 66.7 Å². The van der Waals surface area contributed by atoms with Crippen molar-refractivity contribution in [3.05, 3.63) is 102 Å². The van der Waals surface area contributed by atoms with Crippen LogP contribution >= 0.6 is 0 Å². The molecule has 3 aromatic carbocycles. The van der Waals surface area contributed by atoms with Gasteiger partial charge in [0.1, 0.15) is 18.1 Å². The van der Waals surface area contributed by atoms with Gasteiger partial charge in [-0.2, -0.15) is 5.10 Å². The number of carbonyl (C=O) groups is 1. The third-order valence-corrected chi connectivity index (χ3v) is 5.96. The molecular formula is C28H28N2O4. The quantitative estimate of drug-likeness (QED) is 0.343. The van der Waals surface area contributed by atoms with Crippen molar-refractivity contribution < 1.29 is 19.0 Å². The fourth-order valence-corrected chi connectivity index (χ4v) is 4.14. The first-order valence-electron chi connectivity index (χ1n) is 11.0. The first-order valence-corrected chi connectivity index (χ1v) is 11.0. The highest BCUT2D eigenvalue weighted by molar-refractivity contribution is 6.16. The summed E-state index contributed by atoms with van der Waals surface area (Å²) < 4.78 is 16.5. The van der Waals surface area contributed by atoms with E-state index in [1.54, 1.807) is 7.11 Å². The van der Waals surface area contributed by atoms with Crippen molar-refractivity contribution >= 4 is 17.3 Å². The van der Waals surface area contributed by atoms with Gasteiger partial charge in [0.05, 0.1) is 31.5 Å². The van der Waals surface area contributed by atoms with Crippen LogP contribution in [-0.2, 0) is 16.1 Å². The van der Waals surface area contributed by atoms with Gasteiger partial charge in [0.2, 0.25) is 0 Å². The molecule has 6 heteroatoms. The van der Waals surface area contributed by atoms with Crippen LogP contribution in [-0.4, -0.2) is 38.0 Å². The van der Waals surface area contributed by atoms with Gasteiger partial charge in [0.15, 0.2) is 0 Å². The Morgan fingerprint density at radius 3 is 2.56 bits per heavy atom. The minimum Gasteiger partial charge on any atom is -0.496 e. The fourth-order valence-electron chi connectivity index (χ4n) is 4.14. The van der Waals surface area contributed by atoms with Gasteiger partial charge in [-0.1, -0.05) is 61.2 Å². The Hall–Kier alpha value is -4.06. The molecule has 0 fully saturated rings. The maximum Gasteiger partial charge on any atom is 0.337 e. The average molecular weight is 457 g/mol. The van der Waals surface area contributed by atoms with Gasteiger partial charge < -0.3 is 14.2 Å². The number of esters is 1. The van der Waals surface area contributed by atoms with Gasteiger partial charge in [-0.05, 0) is 34.9 Å². The molecule has 0 aliphatic carbocycles. The van der Waals surface area contributed by atoms with E-state index < -0.39 is 5.97 Å². The van der Waals surface area contributed by atoms with Crippen molar-refractivity contribution in [1.82, 2.24) is 5.01 Å². The maximum absolute atomic E-state index is 12.1. The van der Waals surface area contributed by atoms with Gasteiger partial charge in [-0.25, -0.2) is 4.79 Å². The zero-order valence-corrected chi connectivity index (χ0v) is 19.7. The molecule has 0 radical (unpaired) electrons. The highest BCUT2D eigenvalue weighted by Crippen LogP contribution is 2.34. The predicted octanol–water partition coefficient (Wildman–Crippen LogP) is 5.24. The molecule has 0 aromatic heterocycles. The number of carbonyl (C=O) groups excluding carboxylic acids is 1. The summed E-state index contributed by atoms with van der Waals surface area (Å²) in [6.45, 7) is 4.10. The van der Waals surface area contributed by atoms with Crippen molar-refractivity contribution in [1.29, 1.82) is 0 Å². The first kappa shape index (κ1) is 23.1. The Bertz CT molecular complexity index is 1220. The normalized spacial score (nSPS) is 15.0. The highest BCUT2D eigenvalue weighted by Gasteiger charge is 2.26. The smallest absolute Gasteiger partial charge is 0.337 e. The first-order chi connectivity index (χ1) is 16.5. The lowest BCUT2D eigenvalue weighted by Gasteiger charge is -2.20. The summed E-state index contributed by atoms with van der Waals surface area (Å²) in [5.41, 5.74) is 4.95. The minimum absolute atomic E-state index is 0.125. The number of hydrogen-bond acceptors (Lipinski definition) is 6. The molecule has 0 N–H and O–H groups in total. The molecule has 1 aliphatic rings. The number of rotatable bonds is 8. The van der Waals surface area contributed by atoms with E-state index in [-0.39, 0.29) is 18.2 Å². The van der Waals surface area contributed by atoms with Crippen LogP contribution in [0.1, 0.15) is 34.7 Å². The van der Waals surface area contributed by atoms with Crippen molar-refractivity contribution in [2.45, 2.75) is 19.1 Å². The van der Waals surface area contributed by atoms with E-state index in [4.69, 9.17) is 19.3 Å². The van der Waals surface area contributed by atoms with Crippen LogP contribution in [0.25, 0.3) is 5.57 Å². The van der Waals surface area contributed by atoms with Gasteiger partial charge in [0.25, 0.3) is 0 Å². The summed E-state index contributed by atoms with van der Waals surface area (Å²) in [6, 6.07) is 23.8. The molecule has 1 heterocycles. The molecular weight excluding hydrogens is 428 g/mol. The van der Waals surface area contributed by atoms with Gasteiger partial charge in [-0.3, -0.25) is 5.01 Å². The van der Waals surface area contributed by atoms with Crippen molar-refractivity contribution in [3.63, 3.8) is 0 Å². The van der Waals surface area contributed by atoms with Crippen LogP contribution in [0.4, 0.5) is 0 Å². The molecule has 4 rings (SSSR count). The second kappa shape index (κ2) is 10.3. The summed E-state index contributed by atoms with van der Waals surface area (Å²) in [6.07, 6.45) is 0.819. The number of hydrazone groups is 1. The average Bonchev–Trinajstić information content (AvgIpc) is 3.28. The molecule has 0 bridgehead atoms. The second-order valence-corrected chi connectivity index (χ2v) is 8.02. The molecule has 0 amide bonds. The molecule has 0 saturated carbocycles. The summed E-state index contributed by atoms with van der Waals surface area (Å²) in [5, 5.41) is 6.76. The number of benzene rings is 3. The Balaban J connectivity index is 1.52. The van der Waals surface area contributed by atoms with Crippen LogP contribution in [0.5, 0.6) is 11.5 Å². The SMILES string of the molecule is C=C(C(=O)OC)c1cccc(OC)c1COc1cccc(C2CC(c3ccccc3)=NN2C)c1. The lowest BCUT2D eigenvalue weighted by Crippen LogP contribution is -2.14. The van der Waals surface area contributed by atoms with Gasteiger partial charge >= 0.3 is 5.97 Å². The molecule has 1 atom stereocenters. The molecule has 1 aliphatic heterocycles. The molecule has 6 nitrogen and oxygen atoms in total. The summed E-state index contributed by atoms with van der Waals surface area (Å²) in [7, 11) is 4.92. The molecule has 34 heavy (non-hydrogen) atoms. The maximum atomic E-state index is 12.1. The molecule has 174 valence electrons. The van der Waals surface area contributed by atoms with Crippen LogP contribution in [0.3, 0.4) is 0 Å². The van der Waals surface area contributed by atoms with E-state index in [1.165, 1.54) is 7.11 Å². The van der Waals surface area contributed by atoms with Gasteiger partial charge in [0, 0.05) is 19.0 Å². The monoisotopic (exact) mass is 456 g/mol. The molecule has 0 spiro atoms. The second-order valence-electron chi connectivity index (χ2n) is 8.02. The zero-order valence-electron chi connectivity index (χ0n) is 19.7. The molecule has 0 saturated heterocycles. The zero-order chi connectivity index (χ0) is 24.1. The lowest BCUT2D eigenvalue weighted by atomic mass is 9.98. The van der Waals surface area contributed by atoms with E-state index in [0.717, 1.165) is 34.6 Å². The molecule has 1 unspecified atom stereocenters. The number of ether oxygens (including phenoxy) is 3. The minimum atomic E-state index is -0.491. The van der Waals surface area contributed by atoms with E-state index in [0.29, 0.717) is 11.3 Å². The predicted molar refractivity (Wildman–Crippen MR) is 133 cm³/mol. The Morgan fingerprint density at radius 1 is 1.06 bits per heavy atom. The number of hydrogen-bond donors (Lipinski definition) is 0. The Morgan fingerprint density at radius 2 is 1.82 bits per heavy atom. The van der Waals surface area contributed by atoms with E-state index in [2.05, 4.69) is 24.8 Å². The summed E-state index contributed by atoms with van der Waals surface area (Å²) in [4.78, 5) is 12.1. The topological polar surface area (TPSA) is 60.4 Å². The van der Waals surface area contributed by atoms with E-state index in [9.17, 15) is 4.79 Å². The summed E-state index contributed by atoms with van der Waals surface area (Å²) >= 11 is 0. The Labute approximate surface area is 200 Å². The standard InChI is InChI=1S/C28H28N2O4/c1-19(28(31)33-4)23-14-9-15-27(32-3)24(23)18-34-22-13-8-12-21(16-22)26-17-25(29-30(26)2)20-10-6-5-7-11-20/h5-16,26H,1,17-18H2,2-4H3. The van der Waals surface area contributed by atoms with Gasteiger partial charge in [-0.15, -0.1) is 0 Å². The molecule has 3 aromatic rings. The lowest BCUT2D eigenvalue weighted by molar-refractivity contribution is -0.133. The Kier molecular flexibility index (Phi) is 6.97. The van der Waals surface area contributed by atoms with Crippen LogP contribution in [0.15, 0.2) is 84.5 Å². The third kappa shape index (κ3) is 4.81. The number of methoxy groups -OCH3 is 2. The summed E-state index contributed by atoms with van der Waals surface area (Å²) in [5.74, 6) is 0.852. The van der Waals surface area contributed by atoms with Crippen LogP contribution in [0.2, 0.25) is 0 Å². The largest absolute Gasteiger partial charge is 0.496 e. The fraction of sp³-hybridized carbons (Fsp3) is 0.214. The van der Waals surface area contributed by atoms with Crippen molar-refractivity contribution in [2.75, 3.05) is 21.3 Å². The number of nitrogens with zero attached hydrogens (tertiary/aromatic N) is 2. The van der Waals surface area contributed by atoms with Crippen LogP contribution < -0.4 is 9.47 Å². The van der Waals surface area contributed by atoms with Crippen molar-refractivity contribution in [3.8, 4) is 11.5 Å².